The minimum absolute atomic E-state index is 0.136. The molecule has 4 aromatic rings. The van der Waals surface area contributed by atoms with E-state index in [-0.39, 0.29) is 17.2 Å². The van der Waals surface area contributed by atoms with Crippen LogP contribution < -0.4 is 0 Å². The summed E-state index contributed by atoms with van der Waals surface area (Å²) < 4.78 is 26.0. The summed E-state index contributed by atoms with van der Waals surface area (Å²) in [7, 11) is 0. The zero-order valence-corrected chi connectivity index (χ0v) is 19.0. The lowest BCUT2D eigenvalue weighted by Gasteiger charge is -2.22. The van der Waals surface area contributed by atoms with E-state index in [4.69, 9.17) is 9.47 Å². The van der Waals surface area contributed by atoms with E-state index in [1.165, 1.54) is 6.07 Å². The average Bonchev–Trinajstić information content (AvgIpc) is 3.35. The van der Waals surface area contributed by atoms with E-state index in [9.17, 15) is 14.3 Å². The van der Waals surface area contributed by atoms with E-state index in [1.54, 1.807) is 30.3 Å². The molecule has 3 aromatic carbocycles. The number of benzene rings is 3. The van der Waals surface area contributed by atoms with Gasteiger partial charge in [0.2, 0.25) is 0 Å². The summed E-state index contributed by atoms with van der Waals surface area (Å²) >= 11 is 0. The van der Waals surface area contributed by atoms with Crippen LogP contribution in [0.15, 0.2) is 66.9 Å². The Labute approximate surface area is 202 Å². The van der Waals surface area contributed by atoms with E-state index < -0.39 is 11.8 Å². The first-order chi connectivity index (χ1) is 17.1. The second-order valence-corrected chi connectivity index (χ2v) is 8.50. The molecule has 1 saturated heterocycles. The molecule has 0 atom stereocenters. The van der Waals surface area contributed by atoms with Gasteiger partial charge in [0, 0.05) is 36.1 Å². The Kier molecular flexibility index (Phi) is 6.62. The fourth-order valence-corrected chi connectivity index (χ4v) is 4.29. The van der Waals surface area contributed by atoms with Crippen molar-refractivity contribution in [3.8, 4) is 23.0 Å². The summed E-state index contributed by atoms with van der Waals surface area (Å²) in [5.74, 6) is 4.41. The number of carbonyl (C=O) groups is 1. The van der Waals surface area contributed by atoms with Gasteiger partial charge in [-0.25, -0.2) is 9.18 Å². The molecule has 2 heterocycles. The number of carboxylic acids is 1. The largest absolute Gasteiger partial charge is 0.478 e. The van der Waals surface area contributed by atoms with Crippen molar-refractivity contribution in [3.05, 3.63) is 94.9 Å². The summed E-state index contributed by atoms with van der Waals surface area (Å²) in [6.45, 7) is 1.72. The monoisotopic (exact) mass is 469 g/mol. The van der Waals surface area contributed by atoms with Gasteiger partial charge in [0.15, 0.2) is 0 Å². The van der Waals surface area contributed by atoms with Gasteiger partial charge in [-0.1, -0.05) is 36.1 Å². The van der Waals surface area contributed by atoms with E-state index in [0.29, 0.717) is 30.9 Å². The third kappa shape index (κ3) is 5.12. The second kappa shape index (κ2) is 10.1. The second-order valence-electron chi connectivity index (χ2n) is 8.50. The van der Waals surface area contributed by atoms with Crippen LogP contribution in [0, 0.1) is 17.7 Å². The minimum Gasteiger partial charge on any atom is -0.478 e. The molecule has 0 radical (unpaired) electrons. The van der Waals surface area contributed by atoms with Gasteiger partial charge in [0.05, 0.1) is 23.8 Å². The maximum Gasteiger partial charge on any atom is 0.336 e. The third-order valence-corrected chi connectivity index (χ3v) is 6.16. The molecule has 0 aliphatic carbocycles. The molecule has 0 bridgehead atoms. The molecule has 176 valence electrons. The van der Waals surface area contributed by atoms with Crippen molar-refractivity contribution in [1.29, 1.82) is 0 Å². The zero-order chi connectivity index (χ0) is 24.2. The molecular formula is C29H24FNO4. The van der Waals surface area contributed by atoms with Crippen LogP contribution in [0.3, 0.4) is 0 Å². The third-order valence-electron chi connectivity index (χ3n) is 6.16. The summed E-state index contributed by atoms with van der Waals surface area (Å²) in [4.78, 5) is 15.1. The van der Waals surface area contributed by atoms with Crippen molar-refractivity contribution < 1.29 is 23.8 Å². The first-order valence-electron chi connectivity index (χ1n) is 11.5. The van der Waals surface area contributed by atoms with Gasteiger partial charge >= 0.3 is 5.97 Å². The Morgan fingerprint density at radius 3 is 2.69 bits per heavy atom. The molecule has 35 heavy (non-hydrogen) atoms. The van der Waals surface area contributed by atoms with Gasteiger partial charge in [0.25, 0.3) is 0 Å². The minimum atomic E-state index is -1.05. The predicted molar refractivity (Wildman–Crippen MR) is 132 cm³/mol. The number of aromatic amines is 1. The molecule has 5 nitrogen and oxygen atoms in total. The van der Waals surface area contributed by atoms with E-state index in [1.807, 2.05) is 30.5 Å². The molecule has 5 rings (SSSR count). The highest BCUT2D eigenvalue weighted by Gasteiger charge is 2.16. The summed E-state index contributed by atoms with van der Waals surface area (Å²) in [5.41, 5.74) is 3.77. The van der Waals surface area contributed by atoms with E-state index in [2.05, 4.69) is 16.8 Å². The fraction of sp³-hybridized carbons (Fsp3) is 0.207. The van der Waals surface area contributed by atoms with Crippen LogP contribution in [0.5, 0.6) is 0 Å². The molecule has 0 saturated carbocycles. The van der Waals surface area contributed by atoms with Gasteiger partial charge in [-0.3, -0.25) is 0 Å². The molecule has 0 unspecified atom stereocenters. The standard InChI is InChI=1S/C29H24FNO4/c30-26-16-19(18-35-24-11-14-34-15-12-24)4-5-20(26)6-8-22-2-1-3-25(29(32)33)28(22)23-9-7-21-10-13-31-27(21)17-23/h1-5,7,9-10,13,16-17,24,31H,11-12,14-15,18H2,(H,32,33). The van der Waals surface area contributed by atoms with Crippen LogP contribution >= 0.6 is 0 Å². The lowest BCUT2D eigenvalue weighted by Crippen LogP contribution is -2.23. The Morgan fingerprint density at radius 2 is 1.89 bits per heavy atom. The van der Waals surface area contributed by atoms with Gasteiger partial charge in [0.1, 0.15) is 5.82 Å². The smallest absolute Gasteiger partial charge is 0.336 e. The average molecular weight is 470 g/mol. The molecule has 6 heteroatoms. The van der Waals surface area contributed by atoms with E-state index >= 15 is 0 Å². The summed E-state index contributed by atoms with van der Waals surface area (Å²) in [5, 5.41) is 10.8. The highest BCUT2D eigenvalue weighted by atomic mass is 19.1. The van der Waals surface area contributed by atoms with Crippen LogP contribution in [-0.2, 0) is 16.1 Å². The van der Waals surface area contributed by atoms with Gasteiger partial charge in [-0.05, 0) is 65.8 Å². The predicted octanol–water partition coefficient (Wildman–Crippen LogP) is 5.77. The number of aromatic carboxylic acids is 1. The Hall–Kier alpha value is -3.92. The number of fused-ring (bicyclic) bond motifs is 1. The van der Waals surface area contributed by atoms with Gasteiger partial charge in [-0.15, -0.1) is 0 Å². The molecule has 2 N–H and O–H groups in total. The van der Waals surface area contributed by atoms with Crippen LogP contribution in [0.4, 0.5) is 4.39 Å². The Bertz CT molecular complexity index is 1440. The maximum absolute atomic E-state index is 14.8. The zero-order valence-electron chi connectivity index (χ0n) is 19.0. The van der Waals surface area contributed by atoms with Crippen molar-refractivity contribution >= 4 is 16.9 Å². The SMILES string of the molecule is O=C(O)c1cccc(C#Cc2ccc(COC3CCOCC3)cc2F)c1-c1ccc2cc[nH]c2c1. The molecule has 1 aliphatic heterocycles. The summed E-state index contributed by atoms with van der Waals surface area (Å²) in [6.07, 6.45) is 3.66. The number of nitrogens with one attached hydrogen (secondary N) is 1. The highest BCUT2D eigenvalue weighted by molar-refractivity contribution is 5.99. The number of halogens is 1. The first-order valence-corrected chi connectivity index (χ1v) is 11.5. The van der Waals surface area contributed by atoms with Gasteiger partial charge < -0.3 is 19.6 Å². The lowest BCUT2D eigenvalue weighted by atomic mass is 9.93. The lowest BCUT2D eigenvalue weighted by molar-refractivity contribution is -0.0391. The summed E-state index contributed by atoms with van der Waals surface area (Å²) in [6, 6.07) is 17.5. The number of aromatic nitrogens is 1. The van der Waals surface area contributed by atoms with Crippen LogP contribution in [0.25, 0.3) is 22.0 Å². The molecule has 0 amide bonds. The number of ether oxygens (including phenoxy) is 2. The van der Waals surface area contributed by atoms with Gasteiger partial charge in [-0.2, -0.15) is 0 Å². The van der Waals surface area contributed by atoms with Crippen molar-refractivity contribution in [3.63, 3.8) is 0 Å². The maximum atomic E-state index is 14.8. The molecule has 1 aliphatic rings. The van der Waals surface area contributed by atoms with Crippen molar-refractivity contribution in [1.82, 2.24) is 4.98 Å². The van der Waals surface area contributed by atoms with Crippen LogP contribution in [0.1, 0.15) is 39.9 Å². The molecule has 1 fully saturated rings. The van der Waals surface area contributed by atoms with Crippen LogP contribution in [0.2, 0.25) is 0 Å². The van der Waals surface area contributed by atoms with Crippen molar-refractivity contribution in [2.75, 3.05) is 13.2 Å². The van der Waals surface area contributed by atoms with E-state index in [0.717, 1.165) is 34.9 Å². The quantitative estimate of drug-likeness (QED) is 0.364. The Balaban J connectivity index is 1.44. The number of H-pyrrole nitrogens is 1. The molecule has 0 spiro atoms. The Morgan fingerprint density at radius 1 is 1.06 bits per heavy atom. The van der Waals surface area contributed by atoms with Crippen molar-refractivity contribution in [2.45, 2.75) is 25.6 Å². The van der Waals surface area contributed by atoms with Crippen molar-refractivity contribution in [2.24, 2.45) is 0 Å². The molecule has 1 aromatic heterocycles. The normalized spacial score (nSPS) is 14.0. The van der Waals surface area contributed by atoms with Crippen LogP contribution in [-0.4, -0.2) is 35.4 Å². The number of rotatable bonds is 5. The first kappa shape index (κ1) is 22.9. The number of hydrogen-bond donors (Lipinski definition) is 2. The highest BCUT2D eigenvalue weighted by Crippen LogP contribution is 2.30. The number of hydrogen-bond acceptors (Lipinski definition) is 3. The fourth-order valence-electron chi connectivity index (χ4n) is 4.29. The number of carboxylic acid groups (broad SMARTS) is 1. The molecular weight excluding hydrogens is 445 g/mol. The topological polar surface area (TPSA) is 71.6 Å².